The van der Waals surface area contributed by atoms with E-state index in [2.05, 4.69) is 0 Å². The van der Waals surface area contributed by atoms with E-state index < -0.39 is 23.9 Å². The lowest BCUT2D eigenvalue weighted by Crippen LogP contribution is -2.36. The Labute approximate surface area is 168 Å². The molecule has 149 valence electrons. The third-order valence-corrected chi connectivity index (χ3v) is 5.05. The highest BCUT2D eigenvalue weighted by Crippen LogP contribution is 2.42. The molecule has 1 aliphatic heterocycles. The van der Waals surface area contributed by atoms with Crippen LogP contribution in [0.3, 0.4) is 0 Å². The molecule has 0 spiro atoms. The molecule has 1 radical (unpaired) electrons. The van der Waals surface area contributed by atoms with E-state index in [0.717, 1.165) is 16.7 Å². The van der Waals surface area contributed by atoms with Crippen LogP contribution >= 0.6 is 0 Å². The van der Waals surface area contributed by atoms with Gasteiger partial charge in [-0.25, -0.2) is 8.78 Å². The molecule has 2 atom stereocenters. The van der Waals surface area contributed by atoms with E-state index in [4.69, 9.17) is 9.47 Å². The molecule has 0 aliphatic carbocycles. The van der Waals surface area contributed by atoms with Crippen molar-refractivity contribution in [1.82, 2.24) is 0 Å². The number of halogens is 2. The van der Waals surface area contributed by atoms with Crippen LogP contribution in [0, 0.1) is 6.42 Å². The fourth-order valence-electron chi connectivity index (χ4n) is 3.69. The SMILES string of the molecule is OC1O[C@@H](COC(c2ccccc2)(c2ccccc2)c2ccccc2)[CH]C1(F)F. The predicted octanol–water partition coefficient (Wildman–Crippen LogP) is 4.55. The summed E-state index contributed by atoms with van der Waals surface area (Å²) in [5.41, 5.74) is 1.57. The second kappa shape index (κ2) is 8.03. The van der Waals surface area contributed by atoms with Crippen LogP contribution in [0.1, 0.15) is 16.7 Å². The van der Waals surface area contributed by atoms with Gasteiger partial charge >= 0.3 is 5.92 Å². The van der Waals surface area contributed by atoms with Gasteiger partial charge in [0, 0.05) is 0 Å². The average Bonchev–Trinajstić information content (AvgIpc) is 3.02. The van der Waals surface area contributed by atoms with Crippen LogP contribution in [-0.4, -0.2) is 30.0 Å². The normalized spacial score (nSPS) is 21.2. The molecule has 3 aromatic carbocycles. The number of hydrogen-bond acceptors (Lipinski definition) is 3. The molecule has 1 unspecified atom stereocenters. The van der Waals surface area contributed by atoms with E-state index in [1.807, 2.05) is 91.0 Å². The summed E-state index contributed by atoms with van der Waals surface area (Å²) in [6, 6.07) is 28.9. The minimum atomic E-state index is -3.40. The second-order valence-electron chi connectivity index (χ2n) is 6.96. The third kappa shape index (κ3) is 3.81. The van der Waals surface area contributed by atoms with Crippen molar-refractivity contribution in [1.29, 1.82) is 0 Å². The van der Waals surface area contributed by atoms with Crippen LogP contribution in [0.5, 0.6) is 0 Å². The lowest BCUT2D eigenvalue weighted by molar-refractivity contribution is -0.190. The number of benzene rings is 3. The van der Waals surface area contributed by atoms with Crippen LogP contribution < -0.4 is 0 Å². The maximum atomic E-state index is 13.7. The molecule has 0 saturated carbocycles. The highest BCUT2D eigenvalue weighted by molar-refractivity contribution is 5.47. The summed E-state index contributed by atoms with van der Waals surface area (Å²) in [5.74, 6) is -3.40. The van der Waals surface area contributed by atoms with Crippen LogP contribution in [0.4, 0.5) is 8.78 Å². The number of alkyl halides is 2. The first-order chi connectivity index (χ1) is 14.0. The molecule has 4 rings (SSSR count). The van der Waals surface area contributed by atoms with Gasteiger partial charge in [-0.3, -0.25) is 0 Å². The van der Waals surface area contributed by atoms with Crippen LogP contribution in [0.2, 0.25) is 0 Å². The van der Waals surface area contributed by atoms with Gasteiger partial charge in [-0.1, -0.05) is 91.0 Å². The number of hydrogen-bond donors (Lipinski definition) is 1. The van der Waals surface area contributed by atoms with Gasteiger partial charge in [0.25, 0.3) is 0 Å². The average molecular weight is 395 g/mol. The van der Waals surface area contributed by atoms with Crippen molar-refractivity contribution >= 4 is 0 Å². The van der Waals surface area contributed by atoms with Gasteiger partial charge in [-0.2, -0.15) is 0 Å². The number of ether oxygens (including phenoxy) is 2. The molecule has 1 fully saturated rings. The molecule has 3 aromatic rings. The molecule has 29 heavy (non-hydrogen) atoms. The van der Waals surface area contributed by atoms with Gasteiger partial charge in [-0.05, 0) is 16.7 Å². The van der Waals surface area contributed by atoms with Gasteiger partial charge in [-0.15, -0.1) is 0 Å². The van der Waals surface area contributed by atoms with Crippen LogP contribution in [0.25, 0.3) is 0 Å². The standard InChI is InChI=1S/C24H21F2O3/c25-23(26)16-21(29-22(23)27)17-28-24(18-10-4-1-5-11-18,19-12-6-2-7-13-19)20-14-8-3-9-15-20/h1-16,21-22,27H,17H2/t21-,22?/m1/s1. The maximum absolute atomic E-state index is 13.7. The van der Waals surface area contributed by atoms with E-state index in [1.165, 1.54) is 0 Å². The molecular formula is C24H21F2O3. The quantitative estimate of drug-likeness (QED) is 0.623. The zero-order chi connectivity index (χ0) is 20.3. The van der Waals surface area contributed by atoms with E-state index in [9.17, 15) is 13.9 Å². The Kier molecular flexibility index (Phi) is 5.46. The topological polar surface area (TPSA) is 38.7 Å². The van der Waals surface area contributed by atoms with Gasteiger partial charge < -0.3 is 14.6 Å². The molecule has 1 heterocycles. The molecule has 1 saturated heterocycles. The minimum absolute atomic E-state index is 0.147. The fraction of sp³-hybridized carbons (Fsp3) is 0.208. The minimum Gasteiger partial charge on any atom is -0.363 e. The number of aliphatic hydroxyl groups excluding tert-OH is 1. The van der Waals surface area contributed by atoms with Crippen LogP contribution in [-0.2, 0) is 15.1 Å². The van der Waals surface area contributed by atoms with Gasteiger partial charge in [0.2, 0.25) is 6.29 Å². The van der Waals surface area contributed by atoms with Crippen molar-refractivity contribution < 1.29 is 23.4 Å². The summed E-state index contributed by atoms with van der Waals surface area (Å²) >= 11 is 0. The third-order valence-electron chi connectivity index (χ3n) is 5.05. The smallest absolute Gasteiger partial charge is 0.303 e. The van der Waals surface area contributed by atoms with Crippen molar-refractivity contribution in [2.45, 2.75) is 23.9 Å². The summed E-state index contributed by atoms with van der Waals surface area (Å²) in [6.45, 7) is -0.147. The lowest BCUT2D eigenvalue weighted by atomic mass is 9.80. The largest absolute Gasteiger partial charge is 0.363 e. The first kappa shape index (κ1) is 19.7. The Morgan fingerprint density at radius 1 is 0.793 bits per heavy atom. The summed E-state index contributed by atoms with van der Waals surface area (Å²) in [6.07, 6.45) is -2.49. The molecule has 0 amide bonds. The van der Waals surface area contributed by atoms with Gasteiger partial charge in [0.1, 0.15) is 5.60 Å². The Bertz CT molecular complexity index is 820. The van der Waals surface area contributed by atoms with Crippen molar-refractivity contribution in [3.05, 3.63) is 114 Å². The van der Waals surface area contributed by atoms with Gasteiger partial charge in [0.15, 0.2) is 0 Å². The van der Waals surface area contributed by atoms with Crippen molar-refractivity contribution in [2.24, 2.45) is 0 Å². The van der Waals surface area contributed by atoms with Gasteiger partial charge in [0.05, 0.1) is 19.1 Å². The van der Waals surface area contributed by atoms with E-state index >= 15 is 0 Å². The Morgan fingerprint density at radius 2 is 1.21 bits per heavy atom. The molecule has 3 nitrogen and oxygen atoms in total. The molecular weight excluding hydrogens is 374 g/mol. The van der Waals surface area contributed by atoms with E-state index in [1.54, 1.807) is 0 Å². The summed E-state index contributed by atoms with van der Waals surface area (Å²) in [4.78, 5) is 0. The van der Waals surface area contributed by atoms with E-state index in [-0.39, 0.29) is 6.61 Å². The molecule has 5 heteroatoms. The zero-order valence-corrected chi connectivity index (χ0v) is 15.6. The van der Waals surface area contributed by atoms with E-state index in [0.29, 0.717) is 6.42 Å². The lowest BCUT2D eigenvalue weighted by Gasteiger charge is -2.36. The summed E-state index contributed by atoms with van der Waals surface area (Å²) < 4.78 is 38.8. The molecule has 0 aromatic heterocycles. The van der Waals surface area contributed by atoms with Crippen molar-refractivity contribution in [3.63, 3.8) is 0 Å². The Balaban J connectivity index is 1.78. The van der Waals surface area contributed by atoms with Crippen molar-refractivity contribution in [2.75, 3.05) is 6.61 Å². The number of rotatable bonds is 6. The van der Waals surface area contributed by atoms with Crippen LogP contribution in [0.15, 0.2) is 91.0 Å². The molecule has 0 bridgehead atoms. The number of aliphatic hydroxyl groups is 1. The summed E-state index contributed by atoms with van der Waals surface area (Å²) in [7, 11) is 0. The van der Waals surface area contributed by atoms with Crippen molar-refractivity contribution in [3.8, 4) is 0 Å². The highest BCUT2D eigenvalue weighted by Gasteiger charge is 2.51. The zero-order valence-electron chi connectivity index (χ0n) is 15.6. The molecule has 1 aliphatic rings. The Morgan fingerprint density at radius 3 is 1.55 bits per heavy atom. The monoisotopic (exact) mass is 395 g/mol. The first-order valence-electron chi connectivity index (χ1n) is 9.40. The Hall–Kier alpha value is -2.60. The first-order valence-corrected chi connectivity index (χ1v) is 9.40. The molecule has 1 N–H and O–H groups in total. The highest BCUT2D eigenvalue weighted by atomic mass is 19.3. The maximum Gasteiger partial charge on any atom is 0.303 e. The second-order valence-corrected chi connectivity index (χ2v) is 6.96. The predicted molar refractivity (Wildman–Crippen MR) is 105 cm³/mol. The summed E-state index contributed by atoms with van der Waals surface area (Å²) in [5, 5.41) is 9.45. The fourth-order valence-corrected chi connectivity index (χ4v) is 3.69.